The zero-order valence-corrected chi connectivity index (χ0v) is 19.9. The summed E-state index contributed by atoms with van der Waals surface area (Å²) in [6.45, 7) is 9.52. The normalized spacial score (nSPS) is 17.8. The molecule has 7 nitrogen and oxygen atoms in total. The number of nitrogens with zero attached hydrogens (tertiary/aromatic N) is 5. The van der Waals surface area contributed by atoms with E-state index in [-0.39, 0.29) is 17.4 Å². The molecule has 0 unspecified atom stereocenters. The van der Waals surface area contributed by atoms with Crippen LogP contribution in [-0.4, -0.2) is 63.5 Å². The van der Waals surface area contributed by atoms with Crippen LogP contribution in [0.1, 0.15) is 61.6 Å². The topological polar surface area (TPSA) is 74.5 Å². The van der Waals surface area contributed by atoms with Gasteiger partial charge >= 0.3 is 5.97 Å². The van der Waals surface area contributed by atoms with Gasteiger partial charge in [0.05, 0.1) is 22.5 Å². The van der Waals surface area contributed by atoms with Gasteiger partial charge in [-0.15, -0.1) is 0 Å². The van der Waals surface area contributed by atoms with Crippen molar-refractivity contribution in [2.75, 3.05) is 37.6 Å². The van der Waals surface area contributed by atoms with Gasteiger partial charge in [-0.05, 0) is 80.9 Å². The van der Waals surface area contributed by atoms with Crippen molar-refractivity contribution in [1.82, 2.24) is 19.7 Å². The number of aromatic nitrogens is 3. The van der Waals surface area contributed by atoms with E-state index >= 15 is 0 Å². The van der Waals surface area contributed by atoms with Crippen LogP contribution in [0, 0.1) is 11.7 Å². The molecule has 2 fully saturated rings. The van der Waals surface area contributed by atoms with Crippen LogP contribution < -0.4 is 4.90 Å². The molecule has 0 spiro atoms. The highest BCUT2D eigenvalue weighted by Gasteiger charge is 2.28. The van der Waals surface area contributed by atoms with Crippen molar-refractivity contribution in [3.63, 3.8) is 0 Å². The highest BCUT2D eigenvalue weighted by molar-refractivity contribution is 5.98. The van der Waals surface area contributed by atoms with Crippen LogP contribution in [0.15, 0.2) is 30.3 Å². The number of aromatic carboxylic acids is 1. The van der Waals surface area contributed by atoms with Gasteiger partial charge in [-0.1, -0.05) is 13.8 Å². The summed E-state index contributed by atoms with van der Waals surface area (Å²) in [6.07, 6.45) is 4.79. The monoisotopic (exact) mass is 465 g/mol. The van der Waals surface area contributed by atoms with Crippen molar-refractivity contribution >= 4 is 22.7 Å². The smallest absolute Gasteiger partial charge is 0.354 e. The average molecular weight is 466 g/mol. The Morgan fingerprint density at radius 3 is 2.41 bits per heavy atom. The number of piperidine rings is 1. The molecule has 3 aromatic rings. The molecular formula is C26H32FN5O2. The number of benzene rings is 1. The molecule has 4 heterocycles. The van der Waals surface area contributed by atoms with Crippen LogP contribution >= 0.6 is 0 Å². The third kappa shape index (κ3) is 4.39. The fourth-order valence-electron chi connectivity index (χ4n) is 5.33. The highest BCUT2D eigenvalue weighted by Crippen LogP contribution is 2.36. The Balaban J connectivity index is 1.54. The molecule has 1 N–H and O–H groups in total. The standard InChI is InChI=1S/C26H32FN5O2/c1-17(2)24-23-22(31-13-9-18(10-14-31)16-30-11-3-4-12-30)15-21(26(33)34)28-25(23)32(29-24)20-7-5-19(27)6-8-20/h5-8,15,17-18H,3-4,9-14,16H2,1-2H3,(H,33,34). The van der Waals surface area contributed by atoms with Crippen molar-refractivity contribution in [1.29, 1.82) is 0 Å². The lowest BCUT2D eigenvalue weighted by Crippen LogP contribution is -2.38. The molecule has 0 amide bonds. The van der Waals surface area contributed by atoms with Gasteiger partial charge in [0, 0.05) is 19.6 Å². The second kappa shape index (κ2) is 9.33. The van der Waals surface area contributed by atoms with Crippen molar-refractivity contribution in [2.45, 2.75) is 45.4 Å². The number of carboxylic acids is 1. The van der Waals surface area contributed by atoms with E-state index in [9.17, 15) is 14.3 Å². The number of pyridine rings is 1. The number of fused-ring (bicyclic) bond motifs is 1. The van der Waals surface area contributed by atoms with E-state index in [1.807, 2.05) is 0 Å². The van der Waals surface area contributed by atoms with Gasteiger partial charge in [-0.2, -0.15) is 5.10 Å². The largest absolute Gasteiger partial charge is 0.477 e. The SMILES string of the molecule is CC(C)c1nn(-c2ccc(F)cc2)c2nc(C(=O)O)cc(N3CCC(CN4CCCC4)CC3)c12. The predicted octanol–water partition coefficient (Wildman–Crippen LogP) is 4.69. The van der Waals surface area contributed by atoms with Gasteiger partial charge in [-0.3, -0.25) is 0 Å². The van der Waals surface area contributed by atoms with E-state index in [2.05, 4.69) is 28.6 Å². The number of halogens is 1. The maximum Gasteiger partial charge on any atom is 0.354 e. The Bertz CT molecular complexity index is 1180. The lowest BCUT2D eigenvalue weighted by atomic mass is 9.95. The first-order valence-corrected chi connectivity index (χ1v) is 12.3. The lowest BCUT2D eigenvalue weighted by molar-refractivity contribution is 0.0691. The fraction of sp³-hybridized carbons (Fsp3) is 0.500. The number of likely N-dealkylation sites (tertiary alicyclic amines) is 1. The van der Waals surface area contributed by atoms with Gasteiger partial charge in [0.1, 0.15) is 5.82 Å². The van der Waals surface area contributed by atoms with E-state index in [1.54, 1.807) is 22.9 Å². The van der Waals surface area contributed by atoms with Crippen molar-refractivity contribution in [3.8, 4) is 5.69 Å². The van der Waals surface area contributed by atoms with Crippen molar-refractivity contribution in [3.05, 3.63) is 47.5 Å². The Morgan fingerprint density at radius 1 is 1.12 bits per heavy atom. The summed E-state index contributed by atoms with van der Waals surface area (Å²) < 4.78 is 15.2. The maximum atomic E-state index is 13.6. The Kier molecular flexibility index (Phi) is 6.25. The first-order valence-electron chi connectivity index (χ1n) is 12.3. The van der Waals surface area contributed by atoms with Gasteiger partial charge < -0.3 is 14.9 Å². The van der Waals surface area contributed by atoms with Gasteiger partial charge in [0.2, 0.25) is 0 Å². The van der Waals surface area contributed by atoms with Gasteiger partial charge in [0.25, 0.3) is 0 Å². The maximum absolute atomic E-state index is 13.6. The second-order valence-electron chi connectivity index (χ2n) is 9.90. The number of rotatable bonds is 6. The fourth-order valence-corrected chi connectivity index (χ4v) is 5.33. The van der Waals surface area contributed by atoms with Gasteiger partial charge in [-0.25, -0.2) is 18.9 Å². The molecule has 2 aliphatic rings. The molecule has 2 saturated heterocycles. The van der Waals surface area contributed by atoms with Crippen LogP contribution in [0.4, 0.5) is 10.1 Å². The minimum atomic E-state index is -1.06. The minimum Gasteiger partial charge on any atom is -0.477 e. The molecule has 0 bridgehead atoms. The van der Waals surface area contributed by atoms with Crippen LogP contribution in [0.2, 0.25) is 0 Å². The molecule has 5 rings (SSSR count). The summed E-state index contributed by atoms with van der Waals surface area (Å²) in [5, 5.41) is 15.5. The summed E-state index contributed by atoms with van der Waals surface area (Å²) in [7, 11) is 0. The molecule has 0 saturated carbocycles. The third-order valence-electron chi connectivity index (χ3n) is 7.15. The number of anilines is 1. The van der Waals surface area contributed by atoms with Crippen LogP contribution in [-0.2, 0) is 0 Å². The molecular weight excluding hydrogens is 433 g/mol. The highest BCUT2D eigenvalue weighted by atomic mass is 19.1. The summed E-state index contributed by atoms with van der Waals surface area (Å²) in [5.41, 5.74) is 2.92. The van der Waals surface area contributed by atoms with Crippen LogP contribution in [0.5, 0.6) is 0 Å². The summed E-state index contributed by atoms with van der Waals surface area (Å²) >= 11 is 0. The average Bonchev–Trinajstić information content (AvgIpc) is 3.47. The van der Waals surface area contributed by atoms with Crippen molar-refractivity contribution < 1.29 is 14.3 Å². The van der Waals surface area contributed by atoms with Crippen LogP contribution in [0.3, 0.4) is 0 Å². The molecule has 2 aliphatic heterocycles. The summed E-state index contributed by atoms with van der Waals surface area (Å²) in [6, 6.07) is 7.75. The van der Waals surface area contributed by atoms with E-state index in [4.69, 9.17) is 5.10 Å². The predicted molar refractivity (Wildman–Crippen MR) is 130 cm³/mol. The Hall–Kier alpha value is -3.00. The summed E-state index contributed by atoms with van der Waals surface area (Å²) in [5.74, 6) is -0.601. The molecule has 8 heteroatoms. The minimum absolute atomic E-state index is 0.000239. The molecule has 1 aromatic carbocycles. The zero-order valence-electron chi connectivity index (χ0n) is 19.9. The quantitative estimate of drug-likeness (QED) is 0.569. The molecule has 180 valence electrons. The molecule has 0 aliphatic carbocycles. The first-order chi connectivity index (χ1) is 16.4. The zero-order chi connectivity index (χ0) is 23.8. The Labute approximate surface area is 199 Å². The molecule has 0 atom stereocenters. The molecule has 0 radical (unpaired) electrons. The van der Waals surface area contributed by atoms with Gasteiger partial charge in [0.15, 0.2) is 11.3 Å². The van der Waals surface area contributed by atoms with E-state index in [1.165, 1.54) is 44.6 Å². The van der Waals surface area contributed by atoms with Crippen LogP contribution in [0.25, 0.3) is 16.7 Å². The number of carboxylic acid groups (broad SMARTS) is 1. The van der Waals surface area contributed by atoms with E-state index in [0.717, 1.165) is 42.7 Å². The Morgan fingerprint density at radius 2 is 1.79 bits per heavy atom. The molecule has 34 heavy (non-hydrogen) atoms. The lowest BCUT2D eigenvalue weighted by Gasteiger charge is -2.35. The second-order valence-corrected chi connectivity index (χ2v) is 9.90. The summed E-state index contributed by atoms with van der Waals surface area (Å²) in [4.78, 5) is 21.4. The van der Waals surface area contributed by atoms with Crippen molar-refractivity contribution in [2.24, 2.45) is 5.92 Å². The van der Waals surface area contributed by atoms with E-state index < -0.39 is 5.97 Å². The number of hydrogen-bond donors (Lipinski definition) is 1. The number of carbonyl (C=O) groups is 1. The van der Waals surface area contributed by atoms with E-state index in [0.29, 0.717) is 17.3 Å². The first kappa shape index (κ1) is 22.8. The molecule has 2 aromatic heterocycles. The third-order valence-corrected chi connectivity index (χ3v) is 7.15. The number of hydrogen-bond acceptors (Lipinski definition) is 5.